The quantitative estimate of drug-likeness (QED) is 0.763. The maximum absolute atomic E-state index is 11.5. The molecule has 0 saturated heterocycles. The summed E-state index contributed by atoms with van der Waals surface area (Å²) in [6.07, 6.45) is 0. The number of fused-ring (bicyclic) bond motifs is 1. The van der Waals surface area contributed by atoms with Gasteiger partial charge in [-0.3, -0.25) is 4.72 Å². The lowest BCUT2D eigenvalue weighted by Crippen LogP contribution is -2.19. The molecule has 0 aromatic heterocycles. The fraction of sp³-hybridized carbons (Fsp3) is 0.300. The number of ether oxygens (including phenoxy) is 2. The highest BCUT2D eigenvalue weighted by Gasteiger charge is 2.17. The molecule has 1 aliphatic rings. The van der Waals surface area contributed by atoms with E-state index in [4.69, 9.17) is 20.5 Å². The van der Waals surface area contributed by atoms with E-state index in [2.05, 4.69) is 4.72 Å². The third kappa shape index (κ3) is 2.57. The van der Waals surface area contributed by atoms with E-state index in [-0.39, 0.29) is 11.4 Å². The first-order chi connectivity index (χ1) is 8.52. The van der Waals surface area contributed by atoms with Gasteiger partial charge in [-0.2, -0.15) is 5.26 Å². The van der Waals surface area contributed by atoms with Crippen molar-refractivity contribution in [1.29, 1.82) is 5.26 Å². The van der Waals surface area contributed by atoms with Crippen molar-refractivity contribution in [3.8, 4) is 17.6 Å². The average molecular weight is 269 g/mol. The third-order valence-electron chi connectivity index (χ3n) is 2.23. The minimum Gasteiger partial charge on any atom is -0.486 e. The number of benzene rings is 1. The van der Waals surface area contributed by atoms with Crippen molar-refractivity contribution >= 4 is 21.4 Å². The van der Waals surface area contributed by atoms with Crippen molar-refractivity contribution in [1.82, 2.24) is 0 Å². The van der Waals surface area contributed by atoms with Crippen molar-refractivity contribution in [3.05, 3.63) is 12.1 Å². The zero-order valence-electron chi connectivity index (χ0n) is 9.34. The van der Waals surface area contributed by atoms with Crippen LogP contribution < -0.4 is 19.9 Å². The van der Waals surface area contributed by atoms with Crippen LogP contribution in [0.25, 0.3) is 0 Å². The molecule has 0 fully saturated rings. The van der Waals surface area contributed by atoms with Crippen molar-refractivity contribution < 1.29 is 17.9 Å². The number of anilines is 2. The van der Waals surface area contributed by atoms with E-state index in [0.717, 1.165) is 0 Å². The summed E-state index contributed by atoms with van der Waals surface area (Å²) in [5.41, 5.74) is 6.09. The molecule has 1 aliphatic heterocycles. The van der Waals surface area contributed by atoms with Crippen LogP contribution in [0.1, 0.15) is 0 Å². The van der Waals surface area contributed by atoms with Gasteiger partial charge in [0.05, 0.1) is 17.4 Å². The van der Waals surface area contributed by atoms with E-state index in [1.807, 2.05) is 0 Å². The summed E-state index contributed by atoms with van der Waals surface area (Å²) in [7, 11) is -3.72. The Morgan fingerprint density at radius 3 is 2.56 bits per heavy atom. The largest absolute Gasteiger partial charge is 0.486 e. The highest BCUT2D eigenvalue weighted by Crippen LogP contribution is 2.37. The molecule has 1 heterocycles. The van der Waals surface area contributed by atoms with Gasteiger partial charge in [0.25, 0.3) is 0 Å². The zero-order valence-corrected chi connectivity index (χ0v) is 10.2. The Balaban J connectivity index is 2.32. The summed E-state index contributed by atoms with van der Waals surface area (Å²) in [5, 5.41) is 8.40. The molecule has 0 aliphatic carbocycles. The lowest BCUT2D eigenvalue weighted by Gasteiger charge is -2.20. The first-order valence-electron chi connectivity index (χ1n) is 5.08. The van der Waals surface area contributed by atoms with Crippen LogP contribution in [0.15, 0.2) is 12.1 Å². The summed E-state index contributed by atoms with van der Waals surface area (Å²) in [4.78, 5) is 0. The molecule has 0 radical (unpaired) electrons. The van der Waals surface area contributed by atoms with Crippen LogP contribution >= 0.6 is 0 Å². The number of hydrogen-bond acceptors (Lipinski definition) is 6. The topological polar surface area (TPSA) is 114 Å². The van der Waals surface area contributed by atoms with E-state index in [9.17, 15) is 8.42 Å². The fourth-order valence-electron chi connectivity index (χ4n) is 1.48. The lowest BCUT2D eigenvalue weighted by atomic mass is 10.2. The standard InChI is InChI=1S/C10H11N3O4S/c11-1-4-18(14,15)13-8-6-10-9(5-7(8)12)16-2-3-17-10/h5-6,13H,2-4,12H2. The van der Waals surface area contributed by atoms with Gasteiger partial charge in [-0.1, -0.05) is 0 Å². The zero-order chi connectivity index (χ0) is 13.2. The van der Waals surface area contributed by atoms with Crippen molar-refractivity contribution in [2.24, 2.45) is 0 Å². The molecular formula is C10H11N3O4S. The van der Waals surface area contributed by atoms with Crippen LogP contribution in [-0.4, -0.2) is 27.4 Å². The number of rotatable bonds is 3. The normalized spacial score (nSPS) is 13.7. The summed E-state index contributed by atoms with van der Waals surface area (Å²) >= 11 is 0. The average Bonchev–Trinajstić information content (AvgIpc) is 2.29. The third-order valence-corrected chi connectivity index (χ3v) is 3.27. The molecule has 0 bridgehead atoms. The number of nitrogen functional groups attached to an aromatic ring is 1. The van der Waals surface area contributed by atoms with Crippen LogP contribution in [0.2, 0.25) is 0 Å². The molecule has 0 atom stereocenters. The second-order valence-corrected chi connectivity index (χ2v) is 5.32. The molecule has 96 valence electrons. The Hall–Kier alpha value is -2.14. The molecule has 1 aromatic rings. The molecule has 0 unspecified atom stereocenters. The number of sulfonamides is 1. The van der Waals surface area contributed by atoms with Gasteiger partial charge in [-0.05, 0) is 0 Å². The molecular weight excluding hydrogens is 258 g/mol. The van der Waals surface area contributed by atoms with Gasteiger partial charge in [0.1, 0.15) is 13.2 Å². The molecule has 8 heteroatoms. The summed E-state index contributed by atoms with van der Waals surface area (Å²) in [5.74, 6) is 0.257. The smallest absolute Gasteiger partial charge is 0.246 e. The number of hydrogen-bond donors (Lipinski definition) is 2. The Labute approximate surface area is 104 Å². The molecule has 2 rings (SSSR count). The fourth-order valence-corrected chi connectivity index (χ4v) is 2.24. The van der Waals surface area contributed by atoms with E-state index < -0.39 is 15.8 Å². The van der Waals surface area contributed by atoms with Gasteiger partial charge in [0, 0.05) is 12.1 Å². The highest BCUT2D eigenvalue weighted by molar-refractivity contribution is 7.92. The maximum atomic E-state index is 11.5. The SMILES string of the molecule is N#CCS(=O)(=O)Nc1cc2c(cc1N)OCCO2. The van der Waals surface area contributed by atoms with E-state index in [0.29, 0.717) is 24.7 Å². The molecule has 18 heavy (non-hydrogen) atoms. The molecule has 0 amide bonds. The predicted octanol–water partition coefficient (Wildman–Crippen LogP) is 0.305. The Bertz CT molecular complexity index is 606. The minimum absolute atomic E-state index is 0.175. The number of nitrogens with two attached hydrogens (primary N) is 1. The van der Waals surface area contributed by atoms with E-state index >= 15 is 0 Å². The first kappa shape index (κ1) is 12.3. The van der Waals surface area contributed by atoms with Crippen molar-refractivity contribution in [3.63, 3.8) is 0 Å². The number of nitriles is 1. The van der Waals surface area contributed by atoms with Crippen LogP contribution in [0.5, 0.6) is 11.5 Å². The van der Waals surface area contributed by atoms with Gasteiger partial charge < -0.3 is 15.2 Å². The van der Waals surface area contributed by atoms with Crippen LogP contribution in [0.4, 0.5) is 11.4 Å². The minimum atomic E-state index is -3.72. The monoisotopic (exact) mass is 269 g/mol. The summed E-state index contributed by atoms with van der Waals surface area (Å²) < 4.78 is 35.8. The molecule has 0 saturated carbocycles. The van der Waals surface area contributed by atoms with Crippen LogP contribution in [0, 0.1) is 11.3 Å². The van der Waals surface area contributed by atoms with E-state index in [1.54, 1.807) is 6.07 Å². The van der Waals surface area contributed by atoms with Crippen molar-refractivity contribution in [2.75, 3.05) is 29.4 Å². The van der Waals surface area contributed by atoms with Crippen LogP contribution in [-0.2, 0) is 10.0 Å². The Kier molecular flexibility index (Phi) is 3.16. The second kappa shape index (κ2) is 4.62. The lowest BCUT2D eigenvalue weighted by molar-refractivity contribution is 0.172. The van der Waals surface area contributed by atoms with E-state index in [1.165, 1.54) is 12.1 Å². The second-order valence-electron chi connectivity index (χ2n) is 3.60. The number of nitrogens with zero attached hydrogens (tertiary/aromatic N) is 1. The molecule has 1 aromatic carbocycles. The first-order valence-corrected chi connectivity index (χ1v) is 6.73. The maximum Gasteiger partial charge on any atom is 0.246 e. The highest BCUT2D eigenvalue weighted by atomic mass is 32.2. The Morgan fingerprint density at radius 1 is 1.33 bits per heavy atom. The van der Waals surface area contributed by atoms with Gasteiger partial charge in [-0.15, -0.1) is 0 Å². The van der Waals surface area contributed by atoms with Gasteiger partial charge in [-0.25, -0.2) is 8.42 Å². The molecule has 0 spiro atoms. The predicted molar refractivity (Wildman–Crippen MR) is 64.9 cm³/mol. The molecule has 7 nitrogen and oxygen atoms in total. The number of nitrogens with one attached hydrogen (secondary N) is 1. The van der Waals surface area contributed by atoms with Gasteiger partial charge in [0.2, 0.25) is 10.0 Å². The molecule has 3 N–H and O–H groups in total. The van der Waals surface area contributed by atoms with Gasteiger partial charge in [0.15, 0.2) is 17.3 Å². The van der Waals surface area contributed by atoms with Crippen molar-refractivity contribution in [2.45, 2.75) is 0 Å². The summed E-state index contributed by atoms with van der Waals surface area (Å²) in [6, 6.07) is 4.49. The summed E-state index contributed by atoms with van der Waals surface area (Å²) in [6.45, 7) is 0.813. The van der Waals surface area contributed by atoms with Crippen LogP contribution in [0.3, 0.4) is 0 Å². The van der Waals surface area contributed by atoms with Gasteiger partial charge >= 0.3 is 0 Å². The Morgan fingerprint density at radius 2 is 1.94 bits per heavy atom.